The summed E-state index contributed by atoms with van der Waals surface area (Å²) in [5.41, 5.74) is 0.552. The lowest BCUT2D eigenvalue weighted by atomic mass is 10.2. The molecule has 0 spiro atoms. The lowest BCUT2D eigenvalue weighted by Crippen LogP contribution is -2.43. The molecule has 1 fully saturated rings. The summed E-state index contributed by atoms with van der Waals surface area (Å²) in [5.74, 6) is -0.339. The first kappa shape index (κ1) is 17.0. The normalized spacial score (nSPS) is 18.5. The van der Waals surface area contributed by atoms with E-state index in [9.17, 15) is 13.2 Å². The first-order valence-corrected chi connectivity index (χ1v) is 9.43. The maximum absolute atomic E-state index is 12.8. The van der Waals surface area contributed by atoms with E-state index < -0.39 is 16.1 Å². The highest BCUT2D eigenvalue weighted by Crippen LogP contribution is 2.27. The molecule has 1 aliphatic rings. The van der Waals surface area contributed by atoms with Crippen molar-refractivity contribution in [2.75, 3.05) is 11.9 Å². The van der Waals surface area contributed by atoms with Gasteiger partial charge in [0.05, 0.1) is 4.90 Å². The Balaban J connectivity index is 1.81. The lowest BCUT2D eigenvalue weighted by Gasteiger charge is -2.23. The van der Waals surface area contributed by atoms with Gasteiger partial charge in [0.25, 0.3) is 0 Å². The highest BCUT2D eigenvalue weighted by Gasteiger charge is 2.39. The molecule has 0 saturated carbocycles. The first-order valence-electron chi connectivity index (χ1n) is 7.62. The Morgan fingerprint density at radius 1 is 1.12 bits per heavy atom. The molecule has 2 aromatic rings. The van der Waals surface area contributed by atoms with Gasteiger partial charge in [-0.15, -0.1) is 0 Å². The molecule has 3 rings (SSSR count). The second kappa shape index (κ2) is 6.93. The van der Waals surface area contributed by atoms with E-state index in [-0.39, 0.29) is 10.8 Å². The minimum atomic E-state index is -3.69. The van der Waals surface area contributed by atoms with Crippen LogP contribution in [0.1, 0.15) is 12.8 Å². The van der Waals surface area contributed by atoms with E-state index in [4.69, 9.17) is 11.6 Å². The number of hydrogen-bond acceptors (Lipinski definition) is 3. The van der Waals surface area contributed by atoms with Crippen LogP contribution in [0.15, 0.2) is 59.5 Å². The largest absolute Gasteiger partial charge is 0.325 e. The van der Waals surface area contributed by atoms with Crippen LogP contribution < -0.4 is 5.32 Å². The predicted octanol–water partition coefficient (Wildman–Crippen LogP) is 3.13. The van der Waals surface area contributed by atoms with Gasteiger partial charge in [0.2, 0.25) is 15.9 Å². The van der Waals surface area contributed by atoms with Crippen LogP contribution in [0, 0.1) is 0 Å². The highest BCUT2D eigenvalue weighted by molar-refractivity contribution is 7.89. The van der Waals surface area contributed by atoms with Crippen molar-refractivity contribution in [3.8, 4) is 0 Å². The van der Waals surface area contributed by atoms with Crippen molar-refractivity contribution in [3.05, 3.63) is 59.6 Å². The van der Waals surface area contributed by atoms with Crippen LogP contribution in [0.3, 0.4) is 0 Å². The zero-order valence-electron chi connectivity index (χ0n) is 12.9. The van der Waals surface area contributed by atoms with Crippen molar-refractivity contribution in [2.24, 2.45) is 0 Å². The molecular formula is C17H17ClN2O3S. The maximum Gasteiger partial charge on any atom is 0.243 e. The quantitative estimate of drug-likeness (QED) is 0.906. The lowest BCUT2D eigenvalue weighted by molar-refractivity contribution is -0.119. The highest BCUT2D eigenvalue weighted by atomic mass is 35.5. The van der Waals surface area contributed by atoms with E-state index in [0.29, 0.717) is 30.1 Å². The third-order valence-electron chi connectivity index (χ3n) is 3.95. The molecule has 1 atom stereocenters. The zero-order chi connectivity index (χ0) is 17.2. The maximum atomic E-state index is 12.8. The number of carbonyl (C=O) groups excluding carboxylic acids is 1. The van der Waals surface area contributed by atoms with Gasteiger partial charge in [-0.25, -0.2) is 8.42 Å². The number of benzene rings is 2. The third kappa shape index (κ3) is 3.45. The number of carbonyl (C=O) groups is 1. The van der Waals surface area contributed by atoms with Gasteiger partial charge in [-0.05, 0) is 43.2 Å². The Labute approximate surface area is 146 Å². The van der Waals surface area contributed by atoms with E-state index in [1.54, 1.807) is 54.6 Å². The summed E-state index contributed by atoms with van der Waals surface area (Å²) >= 11 is 5.91. The average molecular weight is 365 g/mol. The second-order valence-corrected chi connectivity index (χ2v) is 7.91. The molecule has 7 heteroatoms. The van der Waals surface area contributed by atoms with Crippen molar-refractivity contribution in [2.45, 2.75) is 23.8 Å². The van der Waals surface area contributed by atoms with Gasteiger partial charge in [0.1, 0.15) is 6.04 Å². The van der Waals surface area contributed by atoms with Crippen LogP contribution >= 0.6 is 11.6 Å². The second-order valence-electron chi connectivity index (χ2n) is 5.59. The van der Waals surface area contributed by atoms with E-state index >= 15 is 0 Å². The van der Waals surface area contributed by atoms with E-state index in [2.05, 4.69) is 5.32 Å². The summed E-state index contributed by atoms with van der Waals surface area (Å²) < 4.78 is 26.8. The number of nitrogens with zero attached hydrogens (tertiary/aromatic N) is 1. The number of nitrogens with one attached hydrogen (secondary N) is 1. The monoisotopic (exact) mass is 364 g/mol. The van der Waals surface area contributed by atoms with Gasteiger partial charge < -0.3 is 5.32 Å². The molecule has 126 valence electrons. The van der Waals surface area contributed by atoms with Gasteiger partial charge in [-0.2, -0.15) is 4.31 Å². The molecule has 1 N–H and O–H groups in total. The van der Waals surface area contributed by atoms with Crippen molar-refractivity contribution < 1.29 is 13.2 Å². The summed E-state index contributed by atoms with van der Waals surface area (Å²) in [4.78, 5) is 12.8. The van der Waals surface area contributed by atoms with E-state index in [1.165, 1.54) is 4.31 Å². The summed E-state index contributed by atoms with van der Waals surface area (Å²) in [5, 5.41) is 3.26. The standard InChI is InChI=1S/C17H17ClN2O3S/c18-13-6-4-7-14(12-13)19-17(21)16-10-5-11-20(16)24(22,23)15-8-2-1-3-9-15/h1-4,6-9,12,16H,5,10-11H2,(H,19,21). The number of hydrogen-bond donors (Lipinski definition) is 1. The topological polar surface area (TPSA) is 66.5 Å². The SMILES string of the molecule is O=C(Nc1cccc(Cl)c1)C1CCCN1S(=O)(=O)c1ccccc1. The van der Waals surface area contributed by atoms with Gasteiger partial charge in [0, 0.05) is 17.3 Å². The Morgan fingerprint density at radius 2 is 1.88 bits per heavy atom. The van der Waals surface area contributed by atoms with Crippen LogP contribution in [0.4, 0.5) is 5.69 Å². The molecule has 0 bridgehead atoms. The summed E-state index contributed by atoms with van der Waals surface area (Å²) in [6, 6.07) is 14.2. The summed E-state index contributed by atoms with van der Waals surface area (Å²) in [6.45, 7) is 0.338. The van der Waals surface area contributed by atoms with E-state index in [0.717, 1.165) is 0 Å². The minimum Gasteiger partial charge on any atom is -0.325 e. The first-order chi connectivity index (χ1) is 11.5. The van der Waals surface area contributed by atoms with E-state index in [1.807, 2.05) is 0 Å². The molecule has 0 aromatic heterocycles. The molecule has 2 aromatic carbocycles. The molecule has 1 amide bonds. The predicted molar refractivity (Wildman–Crippen MR) is 93.4 cm³/mol. The Kier molecular flexibility index (Phi) is 4.89. The average Bonchev–Trinajstić information content (AvgIpc) is 3.06. The van der Waals surface area contributed by atoms with Crippen LogP contribution in [-0.2, 0) is 14.8 Å². The molecule has 1 aliphatic heterocycles. The van der Waals surface area contributed by atoms with Crippen LogP contribution in [-0.4, -0.2) is 31.2 Å². The molecule has 0 radical (unpaired) electrons. The summed E-state index contributed by atoms with van der Waals surface area (Å²) in [6.07, 6.45) is 1.15. The molecule has 1 saturated heterocycles. The van der Waals surface area contributed by atoms with Crippen molar-refractivity contribution >= 4 is 33.2 Å². The number of rotatable bonds is 4. The number of halogens is 1. The van der Waals surface area contributed by atoms with Crippen molar-refractivity contribution in [1.82, 2.24) is 4.31 Å². The minimum absolute atomic E-state index is 0.201. The van der Waals surface area contributed by atoms with Crippen LogP contribution in [0.2, 0.25) is 5.02 Å². The fourth-order valence-electron chi connectivity index (χ4n) is 2.81. The van der Waals surface area contributed by atoms with Gasteiger partial charge in [-0.3, -0.25) is 4.79 Å². The fourth-order valence-corrected chi connectivity index (χ4v) is 4.68. The molecular weight excluding hydrogens is 348 g/mol. The molecule has 0 aliphatic carbocycles. The third-order valence-corrected chi connectivity index (χ3v) is 6.11. The fraction of sp³-hybridized carbons (Fsp3) is 0.235. The van der Waals surface area contributed by atoms with Gasteiger partial charge in [0.15, 0.2) is 0 Å². The molecule has 24 heavy (non-hydrogen) atoms. The Bertz CT molecular complexity index is 840. The number of sulfonamides is 1. The van der Waals surface area contributed by atoms with Crippen molar-refractivity contribution in [1.29, 1.82) is 0 Å². The molecule has 1 unspecified atom stereocenters. The Hall–Kier alpha value is -1.89. The van der Waals surface area contributed by atoms with Crippen LogP contribution in [0.25, 0.3) is 0 Å². The van der Waals surface area contributed by atoms with Gasteiger partial charge >= 0.3 is 0 Å². The molecule has 1 heterocycles. The Morgan fingerprint density at radius 3 is 2.58 bits per heavy atom. The number of amides is 1. The zero-order valence-corrected chi connectivity index (χ0v) is 14.4. The molecule has 5 nitrogen and oxygen atoms in total. The number of anilines is 1. The van der Waals surface area contributed by atoms with Crippen molar-refractivity contribution in [3.63, 3.8) is 0 Å². The van der Waals surface area contributed by atoms with Crippen LogP contribution in [0.5, 0.6) is 0 Å². The van der Waals surface area contributed by atoms with Gasteiger partial charge in [-0.1, -0.05) is 35.9 Å². The smallest absolute Gasteiger partial charge is 0.243 e. The summed E-state index contributed by atoms with van der Waals surface area (Å²) in [7, 11) is -3.69.